The van der Waals surface area contributed by atoms with Crippen LogP contribution in [0.5, 0.6) is 11.5 Å². The van der Waals surface area contributed by atoms with E-state index in [-0.39, 0.29) is 17.5 Å². The highest BCUT2D eigenvalue weighted by atomic mass is 19.3. The van der Waals surface area contributed by atoms with Gasteiger partial charge in [-0.2, -0.15) is 0 Å². The van der Waals surface area contributed by atoms with Crippen LogP contribution in [0.15, 0.2) is 18.2 Å². The molecular weight excluding hydrogens is 204 g/mol. The minimum atomic E-state index is -3.54. The summed E-state index contributed by atoms with van der Waals surface area (Å²) in [6, 6.07) is 4.85. The zero-order valence-electron chi connectivity index (χ0n) is 8.38. The van der Waals surface area contributed by atoms with Gasteiger partial charge >= 0.3 is 6.29 Å². The molecule has 2 rings (SSSR count). The lowest BCUT2D eigenvalue weighted by Gasteiger charge is -2.09. The summed E-state index contributed by atoms with van der Waals surface area (Å²) in [5.41, 5.74) is 0.727. The predicted octanol–water partition coefficient (Wildman–Crippen LogP) is 2.83. The topological polar surface area (TPSA) is 30.5 Å². The van der Waals surface area contributed by atoms with Crippen molar-refractivity contribution in [2.24, 2.45) is 0 Å². The lowest BCUT2D eigenvalue weighted by atomic mass is 10.2. The lowest BCUT2D eigenvalue weighted by molar-refractivity contribution is -0.286. The molecule has 0 amide bonds. The third kappa shape index (κ3) is 2.11. The summed E-state index contributed by atoms with van der Waals surface area (Å²) in [4.78, 5) is 0. The van der Waals surface area contributed by atoms with E-state index in [9.17, 15) is 8.78 Å². The van der Waals surface area contributed by atoms with E-state index in [2.05, 4.69) is 14.8 Å². The minimum absolute atomic E-state index is 0.0608. The number of nitrogens with one attached hydrogen (secondary N) is 1. The van der Waals surface area contributed by atoms with Gasteiger partial charge < -0.3 is 14.8 Å². The molecule has 1 N–H and O–H groups in total. The normalized spacial score (nSPS) is 16.9. The van der Waals surface area contributed by atoms with E-state index in [1.807, 2.05) is 13.8 Å². The molecule has 0 unspecified atom stereocenters. The number of benzene rings is 1. The fourth-order valence-electron chi connectivity index (χ4n) is 1.37. The predicted molar refractivity (Wildman–Crippen MR) is 51.4 cm³/mol. The van der Waals surface area contributed by atoms with Gasteiger partial charge in [-0.15, -0.1) is 8.78 Å². The summed E-state index contributed by atoms with van der Waals surface area (Å²) in [7, 11) is 0. The van der Waals surface area contributed by atoms with Crippen LogP contribution in [0.4, 0.5) is 14.5 Å². The molecule has 3 nitrogen and oxygen atoms in total. The quantitative estimate of drug-likeness (QED) is 0.822. The van der Waals surface area contributed by atoms with Crippen LogP contribution in [0.2, 0.25) is 0 Å². The van der Waals surface area contributed by atoms with Gasteiger partial charge in [-0.3, -0.25) is 0 Å². The Kier molecular flexibility index (Phi) is 2.17. The average molecular weight is 215 g/mol. The van der Waals surface area contributed by atoms with Crippen molar-refractivity contribution in [3.05, 3.63) is 18.2 Å². The SMILES string of the molecule is CC(C)Nc1ccc2c(c1)OC(F)(F)O2. The van der Waals surface area contributed by atoms with E-state index in [0.717, 1.165) is 5.69 Å². The smallest absolute Gasteiger partial charge is 0.395 e. The van der Waals surface area contributed by atoms with Crippen LogP contribution >= 0.6 is 0 Å². The summed E-state index contributed by atoms with van der Waals surface area (Å²) in [6.07, 6.45) is -3.54. The van der Waals surface area contributed by atoms with Crippen LogP contribution in [-0.2, 0) is 0 Å². The van der Waals surface area contributed by atoms with Gasteiger partial charge in [0, 0.05) is 17.8 Å². The molecule has 1 heterocycles. The summed E-state index contributed by atoms with van der Waals surface area (Å²) in [6.45, 7) is 3.92. The molecule has 1 aromatic rings. The Labute approximate surface area is 86.0 Å². The van der Waals surface area contributed by atoms with Crippen LogP contribution in [0.25, 0.3) is 0 Å². The van der Waals surface area contributed by atoms with E-state index in [4.69, 9.17) is 0 Å². The molecule has 0 aliphatic carbocycles. The number of ether oxygens (including phenoxy) is 2. The maximum Gasteiger partial charge on any atom is 0.586 e. The molecule has 0 aromatic heterocycles. The Balaban J connectivity index is 2.23. The van der Waals surface area contributed by atoms with E-state index < -0.39 is 6.29 Å². The molecule has 0 bridgehead atoms. The molecule has 0 saturated carbocycles. The highest BCUT2D eigenvalue weighted by molar-refractivity contribution is 5.56. The maximum absolute atomic E-state index is 12.7. The molecule has 82 valence electrons. The molecular formula is C10H11F2NO2. The first-order valence-corrected chi connectivity index (χ1v) is 4.63. The molecule has 0 spiro atoms. The highest BCUT2D eigenvalue weighted by Crippen LogP contribution is 2.42. The summed E-state index contributed by atoms with van der Waals surface area (Å²) in [5, 5.41) is 3.08. The second kappa shape index (κ2) is 3.25. The number of rotatable bonds is 2. The Morgan fingerprint density at radius 2 is 1.87 bits per heavy atom. The van der Waals surface area contributed by atoms with Crippen molar-refractivity contribution in [2.45, 2.75) is 26.2 Å². The maximum atomic E-state index is 12.7. The molecule has 1 aliphatic heterocycles. The molecule has 1 aromatic carbocycles. The molecule has 0 atom stereocenters. The second-order valence-electron chi connectivity index (χ2n) is 3.63. The zero-order valence-corrected chi connectivity index (χ0v) is 8.38. The zero-order chi connectivity index (χ0) is 11.1. The van der Waals surface area contributed by atoms with Crippen molar-refractivity contribution in [3.8, 4) is 11.5 Å². The van der Waals surface area contributed by atoms with Gasteiger partial charge in [0.2, 0.25) is 0 Å². The fourth-order valence-corrected chi connectivity index (χ4v) is 1.37. The number of alkyl halides is 2. The van der Waals surface area contributed by atoms with E-state index >= 15 is 0 Å². The van der Waals surface area contributed by atoms with Gasteiger partial charge in [0.15, 0.2) is 11.5 Å². The second-order valence-corrected chi connectivity index (χ2v) is 3.63. The molecule has 15 heavy (non-hydrogen) atoms. The minimum Gasteiger partial charge on any atom is -0.395 e. The average Bonchev–Trinajstić information content (AvgIpc) is 2.36. The van der Waals surface area contributed by atoms with Gasteiger partial charge in [-0.05, 0) is 26.0 Å². The number of hydrogen-bond donors (Lipinski definition) is 1. The standard InChI is InChI=1S/C10H11F2NO2/c1-6(2)13-7-3-4-8-9(5-7)15-10(11,12)14-8/h3-6,13H,1-2H3. The first-order valence-electron chi connectivity index (χ1n) is 4.63. The van der Waals surface area contributed by atoms with Crippen molar-refractivity contribution in [2.75, 3.05) is 5.32 Å². The lowest BCUT2D eigenvalue weighted by Crippen LogP contribution is -2.25. The van der Waals surface area contributed by atoms with Crippen LogP contribution < -0.4 is 14.8 Å². The molecule has 5 heteroatoms. The van der Waals surface area contributed by atoms with Crippen LogP contribution in [0.3, 0.4) is 0 Å². The summed E-state index contributed by atoms with van der Waals surface area (Å²) < 4.78 is 33.9. The molecule has 1 aliphatic rings. The van der Waals surface area contributed by atoms with Crippen molar-refractivity contribution in [1.29, 1.82) is 0 Å². The van der Waals surface area contributed by atoms with Crippen LogP contribution in [-0.4, -0.2) is 12.3 Å². The number of anilines is 1. The first-order chi connectivity index (χ1) is 6.96. The highest BCUT2D eigenvalue weighted by Gasteiger charge is 2.43. The van der Waals surface area contributed by atoms with Gasteiger partial charge in [0.05, 0.1) is 0 Å². The van der Waals surface area contributed by atoms with Crippen molar-refractivity contribution in [1.82, 2.24) is 0 Å². The Morgan fingerprint density at radius 1 is 1.20 bits per heavy atom. The van der Waals surface area contributed by atoms with E-state index in [1.165, 1.54) is 12.1 Å². The number of halogens is 2. The Bertz CT molecular complexity index is 380. The number of hydrogen-bond acceptors (Lipinski definition) is 3. The third-order valence-electron chi connectivity index (χ3n) is 1.86. The largest absolute Gasteiger partial charge is 0.586 e. The van der Waals surface area contributed by atoms with Gasteiger partial charge in [0.25, 0.3) is 0 Å². The van der Waals surface area contributed by atoms with Gasteiger partial charge in [-0.1, -0.05) is 0 Å². The molecule has 0 saturated heterocycles. The summed E-state index contributed by atoms with van der Waals surface area (Å²) >= 11 is 0. The third-order valence-corrected chi connectivity index (χ3v) is 1.86. The van der Waals surface area contributed by atoms with Crippen molar-refractivity contribution in [3.63, 3.8) is 0 Å². The van der Waals surface area contributed by atoms with Crippen molar-refractivity contribution < 1.29 is 18.3 Å². The van der Waals surface area contributed by atoms with Crippen LogP contribution in [0, 0.1) is 0 Å². The summed E-state index contributed by atoms with van der Waals surface area (Å²) in [5.74, 6) is 0.125. The Morgan fingerprint density at radius 3 is 2.53 bits per heavy atom. The van der Waals surface area contributed by atoms with Crippen molar-refractivity contribution >= 4 is 5.69 Å². The van der Waals surface area contributed by atoms with Crippen LogP contribution in [0.1, 0.15) is 13.8 Å². The van der Waals surface area contributed by atoms with Gasteiger partial charge in [0.1, 0.15) is 0 Å². The van der Waals surface area contributed by atoms with E-state index in [1.54, 1.807) is 6.07 Å². The fraction of sp³-hybridized carbons (Fsp3) is 0.400. The molecule has 0 radical (unpaired) electrons. The Hall–Kier alpha value is -1.52. The number of fused-ring (bicyclic) bond motifs is 1. The first kappa shape index (κ1) is 10.0. The van der Waals surface area contributed by atoms with Gasteiger partial charge in [-0.25, -0.2) is 0 Å². The van der Waals surface area contributed by atoms with E-state index in [0.29, 0.717) is 0 Å². The molecule has 0 fully saturated rings. The monoisotopic (exact) mass is 215 g/mol.